The molecular weight excluding hydrogens is 218 g/mol. The second kappa shape index (κ2) is 6.58. The van der Waals surface area contributed by atoms with Gasteiger partial charge in [0, 0.05) is 6.54 Å². The van der Waals surface area contributed by atoms with Gasteiger partial charge in [-0.3, -0.25) is 4.79 Å². The number of nitrogens with zero attached hydrogens (tertiary/aromatic N) is 1. The Morgan fingerprint density at radius 2 is 2.13 bits per heavy atom. The molecule has 15 heavy (non-hydrogen) atoms. The van der Waals surface area contributed by atoms with Gasteiger partial charge in [-0.05, 0) is 12.8 Å². The Hall–Kier alpha value is -0.880. The van der Waals surface area contributed by atoms with E-state index in [9.17, 15) is 13.2 Å². The molecule has 6 heteroatoms. The van der Waals surface area contributed by atoms with Crippen LogP contribution in [-0.4, -0.2) is 42.6 Å². The van der Waals surface area contributed by atoms with E-state index in [0.29, 0.717) is 12.8 Å². The molecule has 0 saturated heterocycles. The van der Waals surface area contributed by atoms with E-state index < -0.39 is 22.5 Å². The molecule has 0 unspecified atom stereocenters. The molecule has 0 fully saturated rings. The monoisotopic (exact) mass is 235 g/mol. The molecule has 0 heterocycles. The molecule has 5 nitrogen and oxygen atoms in total. The van der Waals surface area contributed by atoms with Crippen LogP contribution in [-0.2, 0) is 14.8 Å². The van der Waals surface area contributed by atoms with Crippen molar-refractivity contribution in [1.82, 2.24) is 4.31 Å². The lowest BCUT2D eigenvalue weighted by molar-refractivity contribution is -0.137. The Kier molecular flexibility index (Phi) is 6.19. The highest BCUT2D eigenvalue weighted by Crippen LogP contribution is 2.04. The zero-order valence-corrected chi connectivity index (χ0v) is 9.66. The van der Waals surface area contributed by atoms with Crippen molar-refractivity contribution in [3.8, 4) is 0 Å². The SMILES string of the molecule is C=CCCS(=O)(=O)N(CCC)CC(=O)O. The van der Waals surface area contributed by atoms with Gasteiger partial charge in [-0.25, -0.2) is 8.42 Å². The Bertz CT molecular complexity index is 310. The van der Waals surface area contributed by atoms with E-state index in [4.69, 9.17) is 5.11 Å². The molecule has 88 valence electrons. The zero-order chi connectivity index (χ0) is 11.9. The van der Waals surface area contributed by atoms with E-state index in [2.05, 4.69) is 6.58 Å². The number of aliphatic carboxylic acids is 1. The van der Waals surface area contributed by atoms with Crippen molar-refractivity contribution < 1.29 is 18.3 Å². The minimum Gasteiger partial charge on any atom is -0.480 e. The van der Waals surface area contributed by atoms with Gasteiger partial charge in [0.15, 0.2) is 0 Å². The highest BCUT2D eigenvalue weighted by molar-refractivity contribution is 7.89. The quantitative estimate of drug-likeness (QED) is 0.628. The van der Waals surface area contributed by atoms with Crippen molar-refractivity contribution in [3.05, 3.63) is 12.7 Å². The molecule has 0 aromatic heterocycles. The van der Waals surface area contributed by atoms with Crippen molar-refractivity contribution in [2.45, 2.75) is 19.8 Å². The first kappa shape index (κ1) is 14.1. The third kappa shape index (κ3) is 5.54. The maximum absolute atomic E-state index is 11.6. The van der Waals surface area contributed by atoms with Crippen LogP contribution in [0.5, 0.6) is 0 Å². The first-order chi connectivity index (χ1) is 6.94. The average molecular weight is 235 g/mol. The Labute approximate surface area is 90.4 Å². The number of allylic oxidation sites excluding steroid dienone is 1. The zero-order valence-electron chi connectivity index (χ0n) is 8.85. The van der Waals surface area contributed by atoms with Gasteiger partial charge in [0.05, 0.1) is 5.75 Å². The molecule has 0 atom stereocenters. The predicted octanol–water partition coefficient (Wildman–Crippen LogP) is 0.689. The van der Waals surface area contributed by atoms with Gasteiger partial charge in [-0.1, -0.05) is 13.0 Å². The van der Waals surface area contributed by atoms with Crippen LogP contribution in [0.3, 0.4) is 0 Å². The molecule has 0 aromatic rings. The fraction of sp³-hybridized carbons (Fsp3) is 0.667. The number of carboxylic acid groups (broad SMARTS) is 1. The first-order valence-electron chi connectivity index (χ1n) is 4.74. The summed E-state index contributed by atoms with van der Waals surface area (Å²) >= 11 is 0. The van der Waals surface area contributed by atoms with Crippen molar-refractivity contribution in [2.75, 3.05) is 18.8 Å². The summed E-state index contributed by atoms with van der Waals surface area (Å²) in [7, 11) is -3.46. The van der Waals surface area contributed by atoms with E-state index >= 15 is 0 Å². The van der Waals surface area contributed by atoms with Crippen molar-refractivity contribution >= 4 is 16.0 Å². The van der Waals surface area contributed by atoms with E-state index in [1.165, 1.54) is 6.08 Å². The lowest BCUT2D eigenvalue weighted by Gasteiger charge is -2.18. The van der Waals surface area contributed by atoms with E-state index in [1.54, 1.807) is 6.92 Å². The summed E-state index contributed by atoms with van der Waals surface area (Å²) in [5.74, 6) is -1.21. The molecule has 0 bridgehead atoms. The van der Waals surface area contributed by atoms with Crippen LogP contribution < -0.4 is 0 Å². The largest absolute Gasteiger partial charge is 0.480 e. The summed E-state index contributed by atoms with van der Waals surface area (Å²) in [6.45, 7) is 5.01. The minimum absolute atomic E-state index is 0.0796. The fourth-order valence-electron chi connectivity index (χ4n) is 1.08. The topological polar surface area (TPSA) is 74.7 Å². The van der Waals surface area contributed by atoms with Gasteiger partial charge in [0.2, 0.25) is 10.0 Å². The minimum atomic E-state index is -3.46. The van der Waals surface area contributed by atoms with E-state index in [-0.39, 0.29) is 12.3 Å². The summed E-state index contributed by atoms with van der Waals surface area (Å²) in [5.41, 5.74) is 0. The molecule has 0 aliphatic carbocycles. The summed E-state index contributed by atoms with van der Waals surface area (Å²) < 4.78 is 24.3. The predicted molar refractivity (Wildman–Crippen MR) is 58.1 cm³/mol. The molecule has 0 saturated carbocycles. The van der Waals surface area contributed by atoms with Gasteiger partial charge < -0.3 is 5.11 Å². The summed E-state index contributed by atoms with van der Waals surface area (Å²) in [6, 6.07) is 0. The van der Waals surface area contributed by atoms with E-state index in [0.717, 1.165) is 4.31 Å². The van der Waals surface area contributed by atoms with Crippen molar-refractivity contribution in [1.29, 1.82) is 0 Å². The highest BCUT2D eigenvalue weighted by atomic mass is 32.2. The number of hydrogen-bond donors (Lipinski definition) is 1. The Morgan fingerprint density at radius 3 is 2.53 bits per heavy atom. The fourth-order valence-corrected chi connectivity index (χ4v) is 2.57. The van der Waals surface area contributed by atoms with Gasteiger partial charge >= 0.3 is 5.97 Å². The molecule has 0 rings (SSSR count). The van der Waals surface area contributed by atoms with E-state index in [1.807, 2.05) is 0 Å². The van der Waals surface area contributed by atoms with Crippen LogP contribution in [0, 0.1) is 0 Å². The van der Waals surface area contributed by atoms with Crippen LogP contribution in [0.25, 0.3) is 0 Å². The molecule has 1 N–H and O–H groups in total. The van der Waals surface area contributed by atoms with Crippen LogP contribution in [0.2, 0.25) is 0 Å². The second-order valence-corrected chi connectivity index (χ2v) is 5.21. The van der Waals surface area contributed by atoms with Gasteiger partial charge in [0.1, 0.15) is 6.54 Å². The molecule has 0 amide bonds. The van der Waals surface area contributed by atoms with Crippen molar-refractivity contribution in [3.63, 3.8) is 0 Å². The third-order valence-corrected chi connectivity index (χ3v) is 3.61. The maximum atomic E-state index is 11.6. The normalized spacial score (nSPS) is 11.6. The molecule has 0 spiro atoms. The summed E-state index contributed by atoms with van der Waals surface area (Å²) in [4.78, 5) is 10.5. The first-order valence-corrected chi connectivity index (χ1v) is 6.35. The average Bonchev–Trinajstić information content (AvgIpc) is 2.13. The van der Waals surface area contributed by atoms with Crippen LogP contribution in [0.1, 0.15) is 19.8 Å². The molecule has 0 aromatic carbocycles. The number of sulfonamides is 1. The number of hydrogen-bond acceptors (Lipinski definition) is 3. The number of rotatable bonds is 8. The lowest BCUT2D eigenvalue weighted by atomic mass is 10.5. The Balaban J connectivity index is 4.57. The van der Waals surface area contributed by atoms with Crippen LogP contribution in [0.15, 0.2) is 12.7 Å². The highest BCUT2D eigenvalue weighted by Gasteiger charge is 2.22. The smallest absolute Gasteiger partial charge is 0.318 e. The third-order valence-electron chi connectivity index (χ3n) is 1.76. The molecule has 0 aliphatic rings. The molecule has 0 aliphatic heterocycles. The molecule has 0 radical (unpaired) electrons. The second-order valence-electron chi connectivity index (χ2n) is 3.12. The standard InChI is InChI=1S/C9H17NO4S/c1-3-5-7-15(13,14)10(6-4-2)8-9(11)12/h3H,1,4-8H2,2H3,(H,11,12). The van der Waals surface area contributed by atoms with Gasteiger partial charge in [-0.15, -0.1) is 6.58 Å². The number of carboxylic acids is 1. The Morgan fingerprint density at radius 1 is 1.53 bits per heavy atom. The summed E-state index contributed by atoms with van der Waals surface area (Å²) in [5, 5.41) is 8.57. The molecular formula is C9H17NO4S. The maximum Gasteiger partial charge on any atom is 0.318 e. The van der Waals surface area contributed by atoms with Crippen molar-refractivity contribution in [2.24, 2.45) is 0 Å². The van der Waals surface area contributed by atoms with Gasteiger partial charge in [0.25, 0.3) is 0 Å². The van der Waals surface area contributed by atoms with Gasteiger partial charge in [-0.2, -0.15) is 4.31 Å². The summed E-state index contributed by atoms with van der Waals surface area (Å²) in [6.07, 6.45) is 2.44. The number of carbonyl (C=O) groups is 1. The van der Waals surface area contributed by atoms with Crippen LogP contribution in [0.4, 0.5) is 0 Å². The lowest BCUT2D eigenvalue weighted by Crippen LogP contribution is -2.37. The van der Waals surface area contributed by atoms with Crippen LogP contribution >= 0.6 is 0 Å².